The molecule has 1 saturated carbocycles. The van der Waals surface area contributed by atoms with Crippen LogP contribution in [0.1, 0.15) is 86.6 Å². The summed E-state index contributed by atoms with van der Waals surface area (Å²) in [7, 11) is 0. The number of carbonyl (C=O) groups is 3. The summed E-state index contributed by atoms with van der Waals surface area (Å²) >= 11 is 6.51. The molecule has 0 heterocycles. The van der Waals surface area contributed by atoms with Crippen LogP contribution in [0.15, 0.2) is 12.1 Å². The molecule has 0 saturated heterocycles. The smallest absolute Gasteiger partial charge is 0.443 e. The van der Waals surface area contributed by atoms with Crippen LogP contribution in [-0.4, -0.2) is 35.1 Å². The van der Waals surface area contributed by atoms with Crippen LogP contribution >= 0.6 is 11.6 Å². The van der Waals surface area contributed by atoms with E-state index >= 15 is 0 Å². The van der Waals surface area contributed by atoms with Crippen molar-refractivity contribution in [3.63, 3.8) is 0 Å². The second-order valence-corrected chi connectivity index (χ2v) is 11.4. The fraction of sp³-hybridized carbons (Fsp3) is 0.625. The van der Waals surface area contributed by atoms with Gasteiger partial charge in [0, 0.05) is 6.07 Å². The van der Waals surface area contributed by atoms with Crippen LogP contribution in [0.3, 0.4) is 0 Å². The molecular weight excluding hydrogens is 450 g/mol. The number of carbonyl (C=O) groups excluding carboxylic acids is 3. The number of rotatable bonds is 3. The Kier molecular flexibility index (Phi) is 7.63. The van der Waals surface area contributed by atoms with E-state index in [9.17, 15) is 14.4 Å². The van der Waals surface area contributed by atoms with E-state index in [0.29, 0.717) is 10.5 Å². The zero-order chi connectivity index (χ0) is 25.4. The Morgan fingerprint density at radius 3 is 1.67 bits per heavy atom. The zero-order valence-electron chi connectivity index (χ0n) is 20.8. The van der Waals surface area contributed by atoms with Gasteiger partial charge in [-0.1, -0.05) is 11.6 Å². The average Bonchev–Trinajstić information content (AvgIpc) is 3.37. The first-order valence-electron chi connectivity index (χ1n) is 10.9. The third-order valence-corrected chi connectivity index (χ3v) is 4.38. The second-order valence-electron chi connectivity index (χ2n) is 11.0. The molecule has 9 heteroatoms. The van der Waals surface area contributed by atoms with Crippen molar-refractivity contribution in [1.29, 1.82) is 0 Å². The van der Waals surface area contributed by atoms with Gasteiger partial charge in [-0.2, -0.15) is 4.90 Å². The summed E-state index contributed by atoms with van der Waals surface area (Å²) in [5, 5.41) is 0.116. The monoisotopic (exact) mass is 483 g/mol. The predicted molar refractivity (Wildman–Crippen MR) is 125 cm³/mol. The molecule has 0 unspecified atom stereocenters. The number of benzene rings is 1. The Balaban J connectivity index is 2.53. The highest BCUT2D eigenvalue weighted by Gasteiger charge is 2.36. The predicted octanol–water partition coefficient (Wildman–Crippen LogP) is 7.21. The summed E-state index contributed by atoms with van der Waals surface area (Å²) in [6.45, 7) is 15.2. The first kappa shape index (κ1) is 26.8. The summed E-state index contributed by atoms with van der Waals surface area (Å²) in [6.07, 6.45) is -1.04. The van der Waals surface area contributed by atoms with Crippen molar-refractivity contribution in [3.8, 4) is 5.75 Å². The van der Waals surface area contributed by atoms with Crippen molar-refractivity contribution in [2.75, 3.05) is 4.90 Å². The van der Waals surface area contributed by atoms with Crippen molar-refractivity contribution < 1.29 is 33.3 Å². The standard InChI is InChI=1S/C24H34ClNO7/c1-22(2,3)31-19(27)26(20(28)32-23(4,5)6)17-13-18(30-21(29)33-24(7,8)9)15(12-16(17)25)14-10-11-14/h12-14H,10-11H2,1-9H3. The van der Waals surface area contributed by atoms with Crippen molar-refractivity contribution in [2.24, 2.45) is 0 Å². The Labute approximate surface area is 200 Å². The minimum atomic E-state index is -0.971. The second kappa shape index (κ2) is 9.41. The first-order valence-corrected chi connectivity index (χ1v) is 11.2. The number of anilines is 1. The molecule has 0 spiro atoms. The third kappa shape index (κ3) is 8.42. The van der Waals surface area contributed by atoms with Crippen LogP contribution in [-0.2, 0) is 14.2 Å². The van der Waals surface area contributed by atoms with E-state index in [-0.39, 0.29) is 22.4 Å². The van der Waals surface area contributed by atoms with Gasteiger partial charge in [0.2, 0.25) is 0 Å². The Hall–Kier alpha value is -2.48. The van der Waals surface area contributed by atoms with Crippen LogP contribution in [0.25, 0.3) is 0 Å². The number of hydrogen-bond donors (Lipinski definition) is 0. The van der Waals surface area contributed by atoms with Gasteiger partial charge >= 0.3 is 18.3 Å². The summed E-state index contributed by atoms with van der Waals surface area (Å²) in [5.41, 5.74) is -1.85. The molecule has 8 nitrogen and oxygen atoms in total. The van der Waals surface area contributed by atoms with Gasteiger partial charge in [0.15, 0.2) is 0 Å². The minimum absolute atomic E-state index is 0.0249. The van der Waals surface area contributed by atoms with Gasteiger partial charge in [-0.05, 0) is 92.7 Å². The van der Waals surface area contributed by atoms with E-state index in [1.807, 2.05) is 0 Å². The molecule has 0 bridgehead atoms. The lowest BCUT2D eigenvalue weighted by Crippen LogP contribution is -2.44. The molecular formula is C24H34ClNO7. The van der Waals surface area contributed by atoms with E-state index in [2.05, 4.69) is 0 Å². The molecule has 2 rings (SSSR count). The van der Waals surface area contributed by atoms with Gasteiger partial charge in [-0.15, -0.1) is 0 Å². The molecule has 0 radical (unpaired) electrons. The lowest BCUT2D eigenvalue weighted by atomic mass is 10.1. The Bertz CT molecular complexity index is 890. The maximum absolute atomic E-state index is 13.0. The van der Waals surface area contributed by atoms with Gasteiger partial charge in [-0.3, -0.25) is 0 Å². The topological polar surface area (TPSA) is 91.4 Å². The van der Waals surface area contributed by atoms with E-state index in [4.69, 9.17) is 30.5 Å². The number of imide groups is 1. The van der Waals surface area contributed by atoms with Crippen molar-refractivity contribution in [3.05, 3.63) is 22.7 Å². The Morgan fingerprint density at radius 1 is 0.818 bits per heavy atom. The van der Waals surface area contributed by atoms with Gasteiger partial charge in [-0.25, -0.2) is 14.4 Å². The summed E-state index contributed by atoms with van der Waals surface area (Å²) < 4.78 is 21.6. The molecule has 0 atom stereocenters. The van der Waals surface area contributed by atoms with Gasteiger partial charge in [0.05, 0.1) is 10.7 Å². The molecule has 1 fully saturated rings. The molecule has 2 amide bonds. The fourth-order valence-electron chi connectivity index (χ4n) is 2.78. The maximum Gasteiger partial charge on any atom is 0.514 e. The maximum atomic E-state index is 13.0. The van der Waals surface area contributed by atoms with Crippen LogP contribution < -0.4 is 9.64 Å². The largest absolute Gasteiger partial charge is 0.514 e. The molecule has 0 N–H and O–H groups in total. The molecule has 1 aliphatic carbocycles. The van der Waals surface area contributed by atoms with Crippen LogP contribution in [0.4, 0.5) is 20.1 Å². The number of ether oxygens (including phenoxy) is 4. The number of amides is 2. The molecule has 33 heavy (non-hydrogen) atoms. The van der Waals surface area contributed by atoms with E-state index in [1.54, 1.807) is 68.4 Å². The molecule has 1 aliphatic rings. The fourth-order valence-corrected chi connectivity index (χ4v) is 3.03. The first-order chi connectivity index (χ1) is 14.9. The summed E-state index contributed by atoms with van der Waals surface area (Å²) in [6, 6.07) is 2.96. The average molecular weight is 484 g/mol. The quantitative estimate of drug-likeness (QED) is 0.255. The minimum Gasteiger partial charge on any atom is -0.443 e. The molecule has 1 aromatic rings. The van der Waals surface area contributed by atoms with Gasteiger partial charge in [0.25, 0.3) is 0 Å². The van der Waals surface area contributed by atoms with Gasteiger partial charge in [0.1, 0.15) is 22.6 Å². The highest BCUT2D eigenvalue weighted by atomic mass is 35.5. The third-order valence-electron chi connectivity index (χ3n) is 4.07. The van der Waals surface area contributed by atoms with Gasteiger partial charge < -0.3 is 18.9 Å². The normalized spacial score (nSPS) is 14.4. The molecule has 184 valence electrons. The van der Waals surface area contributed by atoms with Crippen LogP contribution in [0.2, 0.25) is 5.02 Å². The summed E-state index contributed by atoms with van der Waals surface area (Å²) in [4.78, 5) is 39.1. The van der Waals surface area contributed by atoms with Crippen molar-refractivity contribution in [1.82, 2.24) is 0 Å². The number of nitrogens with zero attached hydrogens (tertiary/aromatic N) is 1. The Morgan fingerprint density at radius 2 is 1.27 bits per heavy atom. The van der Waals surface area contributed by atoms with Crippen LogP contribution in [0.5, 0.6) is 5.75 Å². The van der Waals surface area contributed by atoms with E-state index in [1.165, 1.54) is 6.07 Å². The highest BCUT2D eigenvalue weighted by Crippen LogP contribution is 2.47. The molecule has 1 aromatic carbocycles. The number of halogens is 1. The molecule has 0 aromatic heterocycles. The van der Waals surface area contributed by atoms with E-state index < -0.39 is 35.1 Å². The zero-order valence-corrected chi connectivity index (χ0v) is 21.6. The SMILES string of the molecule is CC(C)(C)OC(=O)Oc1cc(N(C(=O)OC(C)(C)C)C(=O)OC(C)(C)C)c(Cl)cc1C1CC1. The van der Waals surface area contributed by atoms with Crippen molar-refractivity contribution >= 4 is 35.6 Å². The molecule has 0 aliphatic heterocycles. The van der Waals surface area contributed by atoms with Crippen LogP contribution in [0, 0.1) is 0 Å². The lowest BCUT2D eigenvalue weighted by molar-refractivity contribution is 0.0204. The highest BCUT2D eigenvalue weighted by molar-refractivity contribution is 6.35. The lowest BCUT2D eigenvalue weighted by Gasteiger charge is -2.29. The van der Waals surface area contributed by atoms with E-state index in [0.717, 1.165) is 12.8 Å². The summed E-state index contributed by atoms with van der Waals surface area (Å²) in [5.74, 6) is 0.314. The van der Waals surface area contributed by atoms with Crippen molar-refractivity contribution in [2.45, 2.75) is 97.9 Å². The number of hydrogen-bond acceptors (Lipinski definition) is 7.